The summed E-state index contributed by atoms with van der Waals surface area (Å²) in [4.78, 5) is 98.5. The summed E-state index contributed by atoms with van der Waals surface area (Å²) in [6, 6.07) is -3.17. The Hall–Kier alpha value is -4.95. The monoisotopic (exact) mass is 728 g/mol. The average Bonchev–Trinajstić information content (AvgIpc) is 3.05. The van der Waals surface area contributed by atoms with Gasteiger partial charge < -0.3 is 57.9 Å². The normalized spacial score (nSPS) is 14.4. The van der Waals surface area contributed by atoms with E-state index >= 15 is 0 Å². The number of nitrogens with one attached hydrogen (secondary N) is 5. The van der Waals surface area contributed by atoms with Crippen LogP contribution in [0, 0.1) is 0 Å². The Morgan fingerprint density at radius 2 is 1.18 bits per heavy atom. The van der Waals surface area contributed by atoms with Gasteiger partial charge in [-0.3, -0.25) is 33.6 Å². The van der Waals surface area contributed by atoms with Crippen molar-refractivity contribution in [1.82, 2.24) is 26.6 Å². The molecule has 0 aliphatic carbocycles. The highest BCUT2D eigenvalue weighted by atomic mass is 32.2. The number of aromatic hydroxyl groups is 1. The SMILES string of the molecule is CSCC[C@H](NC(=O)[C@H](C)NC(=O)[C@H](CO)NC(=O)[C@H](Cc1ccc(O)cc1)NC(=O)[C@H](CCC(=O)O)NC(=O)[C@@H](N)CCC(=O)O)C(=O)O. The third-order valence-corrected chi connectivity index (χ3v) is 7.73. The van der Waals surface area contributed by atoms with Crippen molar-refractivity contribution in [1.29, 1.82) is 0 Å². The molecule has 278 valence electrons. The molecule has 0 fully saturated rings. The molecule has 0 heterocycles. The maximum absolute atomic E-state index is 13.5. The van der Waals surface area contributed by atoms with Crippen molar-refractivity contribution in [3.05, 3.63) is 29.8 Å². The largest absolute Gasteiger partial charge is 0.508 e. The van der Waals surface area contributed by atoms with Gasteiger partial charge in [-0.25, -0.2) is 4.79 Å². The number of carbonyl (C=O) groups excluding carboxylic acids is 5. The van der Waals surface area contributed by atoms with Gasteiger partial charge in [-0.05, 0) is 55.9 Å². The number of carboxylic acids is 3. The molecule has 0 spiro atoms. The predicted octanol–water partition coefficient (Wildman–Crippen LogP) is -2.73. The second-order valence-electron chi connectivity index (χ2n) is 11.1. The number of rotatable bonds is 23. The van der Waals surface area contributed by atoms with Crippen LogP contribution >= 0.6 is 11.8 Å². The van der Waals surface area contributed by atoms with Crippen LogP contribution in [-0.4, -0.2) is 128 Å². The highest BCUT2D eigenvalue weighted by Crippen LogP contribution is 2.12. The number of nitrogens with two attached hydrogens (primary N) is 1. The van der Waals surface area contributed by atoms with Gasteiger partial charge in [0, 0.05) is 19.3 Å². The van der Waals surface area contributed by atoms with E-state index in [-0.39, 0.29) is 25.0 Å². The number of benzene rings is 1. The van der Waals surface area contributed by atoms with Gasteiger partial charge >= 0.3 is 17.9 Å². The van der Waals surface area contributed by atoms with Crippen molar-refractivity contribution in [3.8, 4) is 5.75 Å². The quantitative estimate of drug-likeness (QED) is 0.0545. The van der Waals surface area contributed by atoms with Crippen LogP contribution in [0.15, 0.2) is 24.3 Å². The van der Waals surface area contributed by atoms with Crippen LogP contribution in [0.25, 0.3) is 0 Å². The number of carboxylic acid groups (broad SMARTS) is 3. The van der Waals surface area contributed by atoms with Crippen LogP contribution in [0.1, 0.15) is 44.6 Å². The zero-order valence-corrected chi connectivity index (χ0v) is 28.2. The van der Waals surface area contributed by atoms with E-state index in [4.69, 9.17) is 15.9 Å². The first kappa shape index (κ1) is 43.1. The average molecular weight is 729 g/mol. The summed E-state index contributed by atoms with van der Waals surface area (Å²) < 4.78 is 0. The smallest absolute Gasteiger partial charge is 0.326 e. The molecule has 0 aliphatic heterocycles. The van der Waals surface area contributed by atoms with Crippen molar-refractivity contribution in [2.24, 2.45) is 5.73 Å². The van der Waals surface area contributed by atoms with Gasteiger partial charge in [0.05, 0.1) is 12.6 Å². The first-order valence-electron chi connectivity index (χ1n) is 15.3. The standard InChI is InChI=1S/C30H44N6O13S/c1-15(25(43)34-20(30(48)49)11-12-50-2)32-29(47)22(14-37)36-28(46)21(13-16-3-5-17(38)6-4-16)35-27(45)19(8-10-24(41)42)33-26(44)18(31)7-9-23(39)40/h3-6,15,18-22,37-38H,7-14,31H2,1-2H3,(H,32,47)(H,33,44)(H,34,43)(H,35,45)(H,36,46)(H,39,40)(H,41,42)(H,48,49)/t15-,18-,19-,20-,21-,22-/m0/s1. The molecule has 0 unspecified atom stereocenters. The second-order valence-corrected chi connectivity index (χ2v) is 12.1. The van der Waals surface area contributed by atoms with E-state index in [0.717, 1.165) is 0 Å². The predicted molar refractivity (Wildman–Crippen MR) is 177 cm³/mol. The molecule has 0 bridgehead atoms. The molecule has 1 rings (SSSR count). The minimum atomic E-state index is -1.67. The lowest BCUT2D eigenvalue weighted by Crippen LogP contribution is -2.60. The molecule has 20 heteroatoms. The van der Waals surface area contributed by atoms with E-state index in [9.17, 15) is 53.7 Å². The minimum Gasteiger partial charge on any atom is -0.508 e. The Kier molecular flexibility index (Phi) is 18.9. The summed E-state index contributed by atoms with van der Waals surface area (Å²) in [6.45, 7) is 0.284. The number of aliphatic carboxylic acids is 3. The fraction of sp³-hybridized carbons (Fsp3) is 0.533. The van der Waals surface area contributed by atoms with Gasteiger partial charge in [-0.15, -0.1) is 0 Å². The van der Waals surface area contributed by atoms with Crippen LogP contribution in [0.4, 0.5) is 0 Å². The van der Waals surface area contributed by atoms with Crippen molar-refractivity contribution in [2.75, 3.05) is 18.6 Å². The Balaban J connectivity index is 3.18. The summed E-state index contributed by atoms with van der Waals surface area (Å²) in [6.07, 6.45) is -0.185. The lowest BCUT2D eigenvalue weighted by molar-refractivity contribution is -0.142. The Morgan fingerprint density at radius 3 is 1.72 bits per heavy atom. The van der Waals surface area contributed by atoms with Crippen LogP contribution in [-0.2, 0) is 44.8 Å². The molecule has 0 aromatic heterocycles. The van der Waals surface area contributed by atoms with Crippen molar-refractivity contribution < 1.29 is 63.9 Å². The number of thioether (sulfide) groups is 1. The van der Waals surface area contributed by atoms with Crippen LogP contribution in [0.2, 0.25) is 0 Å². The van der Waals surface area contributed by atoms with E-state index in [1.165, 1.54) is 43.0 Å². The lowest BCUT2D eigenvalue weighted by atomic mass is 10.0. The van der Waals surface area contributed by atoms with Gasteiger partial charge in [0.1, 0.15) is 36.0 Å². The summed E-state index contributed by atoms with van der Waals surface area (Å²) in [5, 5.41) is 58.4. The molecular weight excluding hydrogens is 684 g/mol. The van der Waals surface area contributed by atoms with Crippen LogP contribution < -0.4 is 32.3 Å². The molecule has 50 heavy (non-hydrogen) atoms. The topological polar surface area (TPSA) is 324 Å². The lowest BCUT2D eigenvalue weighted by Gasteiger charge is -2.26. The molecule has 0 saturated heterocycles. The van der Waals surface area contributed by atoms with Crippen LogP contribution in [0.3, 0.4) is 0 Å². The second kappa shape index (κ2) is 21.9. The molecule has 1 aromatic rings. The molecule has 0 aliphatic rings. The number of phenols is 1. The van der Waals surface area contributed by atoms with Gasteiger partial charge in [0.15, 0.2) is 0 Å². The maximum Gasteiger partial charge on any atom is 0.326 e. The maximum atomic E-state index is 13.5. The van der Waals surface area contributed by atoms with E-state index in [1.807, 2.05) is 0 Å². The number of carbonyl (C=O) groups is 8. The molecule has 0 radical (unpaired) electrons. The highest BCUT2D eigenvalue weighted by Gasteiger charge is 2.32. The molecular formula is C30H44N6O13S. The number of amides is 5. The molecule has 5 amide bonds. The van der Waals surface area contributed by atoms with E-state index in [1.54, 1.807) is 6.26 Å². The number of aliphatic hydroxyl groups is 1. The van der Waals surface area contributed by atoms with E-state index < -0.39 is 110 Å². The minimum absolute atomic E-state index is 0.108. The number of hydrogen-bond acceptors (Lipinski definition) is 12. The zero-order chi connectivity index (χ0) is 38.0. The molecule has 19 nitrogen and oxygen atoms in total. The fourth-order valence-electron chi connectivity index (χ4n) is 4.21. The van der Waals surface area contributed by atoms with E-state index in [0.29, 0.717) is 11.3 Å². The summed E-state index contributed by atoms with van der Waals surface area (Å²) in [7, 11) is 0. The van der Waals surface area contributed by atoms with Gasteiger partial charge in [0.25, 0.3) is 0 Å². The Morgan fingerprint density at radius 1 is 0.680 bits per heavy atom. The van der Waals surface area contributed by atoms with E-state index in [2.05, 4.69) is 26.6 Å². The molecule has 0 saturated carbocycles. The fourth-order valence-corrected chi connectivity index (χ4v) is 4.68. The third kappa shape index (κ3) is 16.0. The van der Waals surface area contributed by atoms with Crippen molar-refractivity contribution in [2.45, 2.75) is 81.7 Å². The molecule has 12 N–H and O–H groups in total. The van der Waals surface area contributed by atoms with Gasteiger partial charge in [-0.1, -0.05) is 12.1 Å². The van der Waals surface area contributed by atoms with Crippen molar-refractivity contribution in [3.63, 3.8) is 0 Å². The first-order valence-corrected chi connectivity index (χ1v) is 16.7. The molecule has 1 aromatic carbocycles. The summed E-state index contributed by atoms with van der Waals surface area (Å²) >= 11 is 1.37. The van der Waals surface area contributed by atoms with Gasteiger partial charge in [-0.2, -0.15) is 11.8 Å². The number of aliphatic hydroxyl groups excluding tert-OH is 1. The van der Waals surface area contributed by atoms with Gasteiger partial charge in [0.2, 0.25) is 29.5 Å². The Bertz CT molecular complexity index is 1360. The zero-order valence-electron chi connectivity index (χ0n) is 27.4. The summed E-state index contributed by atoms with van der Waals surface area (Å²) in [5.41, 5.74) is 6.12. The first-order chi connectivity index (χ1) is 23.5. The highest BCUT2D eigenvalue weighted by molar-refractivity contribution is 7.98. The van der Waals surface area contributed by atoms with Crippen LogP contribution in [0.5, 0.6) is 5.75 Å². The summed E-state index contributed by atoms with van der Waals surface area (Å²) in [5.74, 6) is -8.38. The number of hydrogen-bond donors (Lipinski definition) is 11. The van der Waals surface area contributed by atoms with Crippen molar-refractivity contribution >= 4 is 59.2 Å². The number of phenolic OH excluding ortho intramolecular Hbond substituents is 1. The molecule has 6 atom stereocenters. The Labute approximate surface area is 291 Å². The third-order valence-electron chi connectivity index (χ3n) is 7.09.